The molecule has 0 radical (unpaired) electrons. The van der Waals surface area contributed by atoms with Crippen LogP contribution in [0.4, 0.5) is 0 Å². The van der Waals surface area contributed by atoms with Crippen molar-refractivity contribution in [2.24, 2.45) is 10.2 Å². The number of aryl methyl sites for hydroxylation is 1. The first-order chi connectivity index (χ1) is 10.3. The van der Waals surface area contributed by atoms with E-state index in [1.54, 1.807) is 0 Å². The minimum Gasteiger partial charge on any atom is -0.267 e. The second-order valence-corrected chi connectivity index (χ2v) is 7.24. The fraction of sp³-hybridized carbons (Fsp3) is 0.0769. The highest BCUT2D eigenvalue weighted by atomic mass is 35.5. The van der Waals surface area contributed by atoms with Gasteiger partial charge in [0, 0.05) is 10.4 Å². The number of nitrogens with one attached hydrogen (secondary N) is 1. The van der Waals surface area contributed by atoms with E-state index in [4.69, 9.17) is 16.7 Å². The van der Waals surface area contributed by atoms with Crippen LogP contribution in [0.25, 0.3) is 0 Å². The molecule has 1 heterocycles. The molecule has 1 aromatic carbocycles. The summed E-state index contributed by atoms with van der Waals surface area (Å²) in [5, 5.41) is 10.7. The molecular weight excluding hydrogens is 346 g/mol. The Morgan fingerprint density at radius 2 is 2.14 bits per heavy atom. The van der Waals surface area contributed by atoms with Crippen molar-refractivity contribution >= 4 is 45.1 Å². The Balaban J connectivity index is 2.17. The van der Waals surface area contributed by atoms with Gasteiger partial charge in [-0.05, 0) is 42.1 Å². The topological polar surface area (TPSA) is 102 Å². The first-order valence-electron chi connectivity index (χ1n) is 5.99. The molecule has 0 spiro atoms. The fourth-order valence-corrected chi connectivity index (χ4v) is 3.45. The average Bonchev–Trinajstić information content (AvgIpc) is 2.83. The number of nitrogens with zero attached hydrogens (tertiary/aromatic N) is 1. The maximum atomic E-state index is 11.9. The van der Waals surface area contributed by atoms with E-state index in [1.807, 2.05) is 18.4 Å². The number of thiophene rings is 1. The van der Waals surface area contributed by atoms with Crippen molar-refractivity contribution in [3.8, 4) is 0 Å². The van der Waals surface area contributed by atoms with Gasteiger partial charge in [-0.3, -0.25) is 4.79 Å². The number of hydrogen-bond donors (Lipinski definition) is 2. The zero-order chi connectivity index (χ0) is 16.3. The number of amides is 1. The van der Waals surface area contributed by atoms with E-state index in [-0.39, 0.29) is 15.5 Å². The number of rotatable bonds is 4. The first kappa shape index (κ1) is 16.6. The second kappa shape index (κ2) is 6.57. The van der Waals surface area contributed by atoms with Crippen molar-refractivity contribution in [1.29, 1.82) is 0 Å². The maximum absolute atomic E-state index is 11.9. The third kappa shape index (κ3) is 3.92. The van der Waals surface area contributed by atoms with Crippen LogP contribution in [0.5, 0.6) is 0 Å². The monoisotopic (exact) mass is 357 g/mol. The van der Waals surface area contributed by atoms with Crippen LogP contribution in [0.3, 0.4) is 0 Å². The van der Waals surface area contributed by atoms with Crippen LogP contribution in [0.1, 0.15) is 20.8 Å². The molecule has 1 aromatic heterocycles. The second-order valence-electron chi connectivity index (χ2n) is 4.36. The Morgan fingerprint density at radius 3 is 2.73 bits per heavy atom. The molecule has 3 N–H and O–H groups in total. The van der Waals surface area contributed by atoms with Crippen molar-refractivity contribution in [2.75, 3.05) is 0 Å². The van der Waals surface area contributed by atoms with Gasteiger partial charge in [-0.1, -0.05) is 11.6 Å². The summed E-state index contributed by atoms with van der Waals surface area (Å²) in [5.74, 6) is -0.563. The summed E-state index contributed by atoms with van der Waals surface area (Å²) >= 11 is 7.25. The number of primary sulfonamides is 1. The van der Waals surface area contributed by atoms with Gasteiger partial charge in [0.05, 0.1) is 11.2 Å². The number of halogens is 1. The summed E-state index contributed by atoms with van der Waals surface area (Å²) < 4.78 is 22.7. The number of carbonyl (C=O) groups excluding carboxylic acids is 1. The lowest BCUT2D eigenvalue weighted by Gasteiger charge is -2.04. The first-order valence-corrected chi connectivity index (χ1v) is 8.79. The number of sulfonamides is 1. The maximum Gasteiger partial charge on any atom is 0.271 e. The van der Waals surface area contributed by atoms with Crippen molar-refractivity contribution in [2.45, 2.75) is 11.8 Å². The lowest BCUT2D eigenvalue weighted by Crippen LogP contribution is -2.19. The molecule has 1 amide bonds. The van der Waals surface area contributed by atoms with Crippen LogP contribution in [0, 0.1) is 6.92 Å². The molecule has 0 saturated heterocycles. The number of nitrogens with two attached hydrogens (primary N) is 1. The van der Waals surface area contributed by atoms with E-state index in [0.717, 1.165) is 16.5 Å². The van der Waals surface area contributed by atoms with Gasteiger partial charge in [0.1, 0.15) is 4.90 Å². The van der Waals surface area contributed by atoms with Crippen LogP contribution < -0.4 is 10.6 Å². The molecule has 2 aromatic rings. The van der Waals surface area contributed by atoms with Crippen molar-refractivity contribution in [1.82, 2.24) is 5.43 Å². The standard InChI is InChI=1S/C13H12ClN3O3S2/c1-8-4-5-21-11(8)7-16-17-13(18)9-2-3-10(14)12(6-9)22(15,19)20/h2-7H,1H3,(H,17,18)(H2,15,19,20)/b16-7-. The summed E-state index contributed by atoms with van der Waals surface area (Å²) in [4.78, 5) is 12.6. The number of hydrogen-bond acceptors (Lipinski definition) is 5. The Morgan fingerprint density at radius 1 is 1.41 bits per heavy atom. The average molecular weight is 358 g/mol. The smallest absolute Gasteiger partial charge is 0.267 e. The zero-order valence-corrected chi connectivity index (χ0v) is 13.8. The van der Waals surface area contributed by atoms with Crippen LogP contribution >= 0.6 is 22.9 Å². The van der Waals surface area contributed by atoms with Crippen LogP contribution in [-0.4, -0.2) is 20.5 Å². The normalized spacial score (nSPS) is 11.8. The Labute approximate surface area is 136 Å². The van der Waals surface area contributed by atoms with E-state index >= 15 is 0 Å². The minimum atomic E-state index is -4.00. The molecule has 0 aliphatic rings. The molecule has 0 bridgehead atoms. The molecule has 6 nitrogen and oxygen atoms in total. The highest BCUT2D eigenvalue weighted by molar-refractivity contribution is 7.89. The quantitative estimate of drug-likeness (QED) is 0.647. The van der Waals surface area contributed by atoms with Gasteiger partial charge < -0.3 is 0 Å². The SMILES string of the molecule is Cc1ccsc1/C=N\NC(=O)c1ccc(Cl)c(S(N)(=O)=O)c1. The van der Waals surface area contributed by atoms with Crippen molar-refractivity contribution < 1.29 is 13.2 Å². The van der Waals surface area contributed by atoms with Gasteiger partial charge >= 0.3 is 0 Å². The lowest BCUT2D eigenvalue weighted by atomic mass is 10.2. The Kier molecular flexibility index (Phi) is 4.97. The molecular formula is C13H12ClN3O3S2. The number of hydrazone groups is 1. The molecule has 0 saturated carbocycles. The van der Waals surface area contributed by atoms with Crippen molar-refractivity contribution in [3.63, 3.8) is 0 Å². The van der Waals surface area contributed by atoms with Gasteiger partial charge in [0.2, 0.25) is 10.0 Å². The highest BCUT2D eigenvalue weighted by Gasteiger charge is 2.16. The fourth-order valence-electron chi connectivity index (χ4n) is 1.59. The Bertz CT molecular complexity index is 844. The van der Waals surface area contributed by atoms with Gasteiger partial charge in [-0.15, -0.1) is 11.3 Å². The summed E-state index contributed by atoms with van der Waals surface area (Å²) in [6, 6.07) is 5.73. The van der Waals surface area contributed by atoms with E-state index in [9.17, 15) is 13.2 Å². The van der Waals surface area contributed by atoms with Crippen LogP contribution in [-0.2, 0) is 10.0 Å². The molecule has 116 valence electrons. The predicted octanol–water partition coefficient (Wildman–Crippen LogP) is 2.12. The number of benzene rings is 1. The number of carbonyl (C=O) groups is 1. The van der Waals surface area contributed by atoms with Crippen LogP contribution in [0.15, 0.2) is 39.6 Å². The highest BCUT2D eigenvalue weighted by Crippen LogP contribution is 2.21. The van der Waals surface area contributed by atoms with E-state index < -0.39 is 15.9 Å². The molecule has 0 aliphatic heterocycles. The molecule has 0 unspecified atom stereocenters. The molecule has 0 atom stereocenters. The van der Waals surface area contributed by atoms with E-state index in [0.29, 0.717) is 0 Å². The summed E-state index contributed by atoms with van der Waals surface area (Å²) in [5.41, 5.74) is 3.46. The van der Waals surface area contributed by atoms with Gasteiger partial charge in [0.15, 0.2) is 0 Å². The van der Waals surface area contributed by atoms with E-state index in [1.165, 1.54) is 29.7 Å². The van der Waals surface area contributed by atoms with E-state index in [2.05, 4.69) is 10.5 Å². The third-order valence-electron chi connectivity index (χ3n) is 2.75. The molecule has 2 rings (SSSR count). The van der Waals surface area contributed by atoms with Crippen molar-refractivity contribution in [3.05, 3.63) is 50.7 Å². The van der Waals surface area contributed by atoms with Gasteiger partial charge in [-0.2, -0.15) is 5.10 Å². The van der Waals surface area contributed by atoms with Gasteiger partial charge in [-0.25, -0.2) is 19.0 Å². The molecule has 0 fully saturated rings. The summed E-state index contributed by atoms with van der Waals surface area (Å²) in [6.45, 7) is 1.93. The minimum absolute atomic E-state index is 0.0447. The lowest BCUT2D eigenvalue weighted by molar-refractivity contribution is 0.0955. The summed E-state index contributed by atoms with van der Waals surface area (Å²) in [7, 11) is -4.00. The molecule has 22 heavy (non-hydrogen) atoms. The van der Waals surface area contributed by atoms with Crippen LogP contribution in [0.2, 0.25) is 5.02 Å². The third-order valence-corrected chi connectivity index (χ3v) is 5.10. The largest absolute Gasteiger partial charge is 0.271 e. The zero-order valence-electron chi connectivity index (χ0n) is 11.4. The summed E-state index contributed by atoms with van der Waals surface area (Å²) in [6.07, 6.45) is 1.52. The predicted molar refractivity (Wildman–Crippen MR) is 86.9 cm³/mol. The molecule has 9 heteroatoms. The molecule has 0 aliphatic carbocycles. The van der Waals surface area contributed by atoms with Gasteiger partial charge in [0.25, 0.3) is 5.91 Å². The Hall–Kier alpha value is -1.74.